The van der Waals surface area contributed by atoms with Gasteiger partial charge in [-0.2, -0.15) is 0 Å². The van der Waals surface area contributed by atoms with Gasteiger partial charge >= 0.3 is 0 Å². The van der Waals surface area contributed by atoms with E-state index >= 15 is 0 Å². The maximum Gasteiger partial charge on any atom is 0.235 e. The summed E-state index contributed by atoms with van der Waals surface area (Å²) in [5.41, 5.74) is 2.11. The number of benzene rings is 1. The van der Waals surface area contributed by atoms with E-state index in [9.17, 15) is 9.59 Å². The first-order valence-corrected chi connectivity index (χ1v) is 8.49. The van der Waals surface area contributed by atoms with Crippen LogP contribution >= 0.6 is 0 Å². The highest BCUT2D eigenvalue weighted by Crippen LogP contribution is 2.65. The summed E-state index contributed by atoms with van der Waals surface area (Å²) in [6.07, 6.45) is 5.63. The molecule has 1 heterocycles. The molecule has 0 radical (unpaired) electrons. The largest absolute Gasteiger partial charge is 0.367 e. The zero-order valence-corrected chi connectivity index (χ0v) is 13.1. The van der Waals surface area contributed by atoms with Crippen LogP contribution in [0.25, 0.3) is 0 Å². The Hall–Kier alpha value is -2.10. The molecule has 118 valence electrons. The minimum atomic E-state index is -0.0967. The summed E-state index contributed by atoms with van der Waals surface area (Å²) in [5, 5.41) is 3.23. The molecule has 1 aliphatic heterocycles. The molecule has 4 aliphatic carbocycles. The molecular formula is C19H20N2O2. The predicted molar refractivity (Wildman–Crippen MR) is 86.2 cm³/mol. The van der Waals surface area contributed by atoms with Crippen molar-refractivity contribution in [1.29, 1.82) is 0 Å². The van der Waals surface area contributed by atoms with Gasteiger partial charge in [-0.15, -0.1) is 0 Å². The second-order valence-electron chi connectivity index (χ2n) is 7.46. The molecule has 2 amide bonds. The van der Waals surface area contributed by atoms with Gasteiger partial charge < -0.3 is 5.32 Å². The van der Waals surface area contributed by atoms with E-state index in [1.54, 1.807) is 0 Å². The predicted octanol–water partition coefficient (Wildman–Crippen LogP) is 2.42. The summed E-state index contributed by atoms with van der Waals surface area (Å²) in [5.74, 6) is 1.79. The van der Waals surface area contributed by atoms with Crippen molar-refractivity contribution < 1.29 is 9.59 Å². The number of nitrogens with zero attached hydrogens (tertiary/aromatic N) is 1. The molecule has 3 fully saturated rings. The molecule has 4 heteroatoms. The van der Waals surface area contributed by atoms with E-state index in [0.29, 0.717) is 23.7 Å². The molecule has 0 spiro atoms. The zero-order chi connectivity index (χ0) is 15.7. The fourth-order valence-electron chi connectivity index (χ4n) is 5.10. The highest BCUT2D eigenvalue weighted by molar-refractivity contribution is 6.06. The lowest BCUT2D eigenvalue weighted by Gasteiger charge is -2.37. The van der Waals surface area contributed by atoms with Gasteiger partial charge in [-0.05, 0) is 54.7 Å². The average molecular weight is 308 g/mol. The maximum absolute atomic E-state index is 12.8. The standard InChI is InChI=1S/C19H20N2O2/c1-10-3-2-4-11(7-10)20-9-21-18(22)16-12-5-6-13(15-8-14(12)15)17(16)19(21)23/h2-7,12-17,20H,8-9H2,1H3/t12-,13-,14-,15+,16-,17+/m1/s1. The van der Waals surface area contributed by atoms with E-state index in [1.807, 2.05) is 31.2 Å². The molecule has 6 rings (SSSR count). The second-order valence-corrected chi connectivity index (χ2v) is 7.46. The summed E-state index contributed by atoms with van der Waals surface area (Å²) >= 11 is 0. The van der Waals surface area contributed by atoms with Crippen LogP contribution in [-0.2, 0) is 9.59 Å². The van der Waals surface area contributed by atoms with Crippen molar-refractivity contribution in [3.8, 4) is 0 Å². The Bertz CT molecular complexity index is 705. The van der Waals surface area contributed by atoms with Crippen LogP contribution in [0.4, 0.5) is 5.69 Å². The minimum absolute atomic E-state index is 0.0323. The molecule has 6 atom stereocenters. The number of imide groups is 1. The topological polar surface area (TPSA) is 49.4 Å². The Kier molecular flexibility index (Phi) is 2.59. The highest BCUT2D eigenvalue weighted by atomic mass is 16.2. The van der Waals surface area contributed by atoms with Gasteiger partial charge in [0, 0.05) is 5.69 Å². The number of anilines is 1. The second kappa shape index (κ2) is 4.47. The number of nitrogens with one attached hydrogen (secondary N) is 1. The average Bonchev–Trinajstić information content (AvgIpc) is 3.32. The van der Waals surface area contributed by atoms with Crippen LogP contribution in [0.2, 0.25) is 0 Å². The first-order valence-electron chi connectivity index (χ1n) is 8.49. The van der Waals surface area contributed by atoms with Crippen LogP contribution in [0.1, 0.15) is 12.0 Å². The van der Waals surface area contributed by atoms with Gasteiger partial charge in [0.1, 0.15) is 0 Å². The van der Waals surface area contributed by atoms with E-state index in [1.165, 1.54) is 11.3 Å². The fourth-order valence-corrected chi connectivity index (χ4v) is 5.10. The normalized spacial score (nSPS) is 39.4. The number of carbonyl (C=O) groups excluding carboxylic acids is 2. The molecular weight excluding hydrogens is 288 g/mol. The van der Waals surface area contributed by atoms with Crippen LogP contribution in [-0.4, -0.2) is 23.4 Å². The van der Waals surface area contributed by atoms with Gasteiger partial charge in [0.25, 0.3) is 0 Å². The quantitative estimate of drug-likeness (QED) is 0.689. The molecule has 5 aliphatic rings. The first kappa shape index (κ1) is 13.3. The Balaban J connectivity index is 1.37. The van der Waals surface area contributed by atoms with Gasteiger partial charge in [-0.3, -0.25) is 14.5 Å². The number of hydrogen-bond acceptors (Lipinski definition) is 3. The summed E-state index contributed by atoms with van der Waals surface area (Å²) < 4.78 is 0. The number of amides is 2. The molecule has 1 aromatic carbocycles. The highest BCUT2D eigenvalue weighted by Gasteiger charge is 2.66. The Morgan fingerprint density at radius 3 is 2.35 bits per heavy atom. The smallest absolute Gasteiger partial charge is 0.235 e. The number of hydrogen-bond donors (Lipinski definition) is 1. The summed E-state index contributed by atoms with van der Waals surface area (Å²) in [6.45, 7) is 2.31. The zero-order valence-electron chi connectivity index (χ0n) is 13.1. The van der Waals surface area contributed by atoms with Crippen molar-refractivity contribution in [2.24, 2.45) is 35.5 Å². The lowest BCUT2D eigenvalue weighted by molar-refractivity contribution is -0.139. The van der Waals surface area contributed by atoms with Gasteiger partial charge in [-0.1, -0.05) is 24.3 Å². The molecule has 23 heavy (non-hydrogen) atoms. The number of allylic oxidation sites excluding steroid dienone is 2. The lowest BCUT2D eigenvalue weighted by Crippen LogP contribution is -2.40. The summed E-state index contributed by atoms with van der Waals surface area (Å²) in [4.78, 5) is 27.1. The molecule has 1 N–H and O–H groups in total. The summed E-state index contributed by atoms with van der Waals surface area (Å²) in [6, 6.07) is 7.99. The van der Waals surface area contributed by atoms with Crippen molar-refractivity contribution in [2.45, 2.75) is 13.3 Å². The molecule has 0 unspecified atom stereocenters. The Labute approximate surface area is 135 Å². The monoisotopic (exact) mass is 308 g/mol. The SMILES string of the molecule is Cc1cccc(NCN2C(=O)[C@@H]3[C@@H]4C=C[C@H]([C@@H]5C[C@H]45)[C@@H]3C2=O)c1. The van der Waals surface area contributed by atoms with Crippen molar-refractivity contribution >= 4 is 17.5 Å². The molecule has 0 aromatic heterocycles. The van der Waals surface area contributed by atoms with E-state index < -0.39 is 0 Å². The number of carbonyl (C=O) groups is 2. The van der Waals surface area contributed by atoms with E-state index in [2.05, 4.69) is 17.5 Å². The van der Waals surface area contributed by atoms with E-state index in [0.717, 1.165) is 11.3 Å². The first-order chi connectivity index (χ1) is 11.1. The van der Waals surface area contributed by atoms with Gasteiger partial charge in [0.2, 0.25) is 11.8 Å². The third-order valence-electron chi connectivity index (χ3n) is 6.21. The molecule has 2 bridgehead atoms. The van der Waals surface area contributed by atoms with Crippen LogP contribution in [0.3, 0.4) is 0 Å². The number of rotatable bonds is 3. The van der Waals surface area contributed by atoms with Crippen molar-refractivity contribution in [3.05, 3.63) is 42.0 Å². The van der Waals surface area contributed by atoms with Crippen LogP contribution in [0.15, 0.2) is 36.4 Å². The molecule has 1 saturated heterocycles. The van der Waals surface area contributed by atoms with Crippen molar-refractivity contribution in [1.82, 2.24) is 4.90 Å². The van der Waals surface area contributed by atoms with Crippen LogP contribution in [0, 0.1) is 42.4 Å². The summed E-state index contributed by atoms with van der Waals surface area (Å²) in [7, 11) is 0. The van der Waals surface area contributed by atoms with Gasteiger partial charge in [0.15, 0.2) is 0 Å². The van der Waals surface area contributed by atoms with E-state index in [-0.39, 0.29) is 30.3 Å². The maximum atomic E-state index is 12.8. The van der Waals surface area contributed by atoms with Gasteiger partial charge in [0.05, 0.1) is 18.5 Å². The van der Waals surface area contributed by atoms with Crippen molar-refractivity contribution in [2.75, 3.05) is 12.0 Å². The van der Waals surface area contributed by atoms with Crippen molar-refractivity contribution in [3.63, 3.8) is 0 Å². The number of aryl methyl sites for hydroxylation is 1. The third kappa shape index (κ3) is 1.78. The van der Waals surface area contributed by atoms with E-state index in [4.69, 9.17) is 0 Å². The number of likely N-dealkylation sites (tertiary alicyclic amines) is 1. The van der Waals surface area contributed by atoms with Crippen LogP contribution < -0.4 is 5.32 Å². The fraction of sp³-hybridized carbons (Fsp3) is 0.474. The lowest BCUT2D eigenvalue weighted by atomic mass is 9.63. The Morgan fingerprint density at radius 2 is 1.74 bits per heavy atom. The van der Waals surface area contributed by atoms with Crippen LogP contribution in [0.5, 0.6) is 0 Å². The minimum Gasteiger partial charge on any atom is -0.367 e. The molecule has 2 saturated carbocycles. The Morgan fingerprint density at radius 1 is 1.09 bits per heavy atom. The molecule has 4 nitrogen and oxygen atoms in total. The third-order valence-corrected chi connectivity index (χ3v) is 6.21. The van der Waals surface area contributed by atoms with Gasteiger partial charge in [-0.25, -0.2) is 0 Å². The molecule has 1 aromatic rings.